The maximum absolute atomic E-state index is 13.1. The number of alkyl halides is 1. The maximum Gasteiger partial charge on any atom is 0.211 e. The van der Waals surface area contributed by atoms with Crippen molar-refractivity contribution in [3.8, 4) is 0 Å². The van der Waals surface area contributed by atoms with E-state index in [1.807, 2.05) is 105 Å². The monoisotopic (exact) mass is 848 g/mol. The highest BCUT2D eigenvalue weighted by Gasteiger charge is 2.47. The third-order valence-electron chi connectivity index (χ3n) is 10.0. The summed E-state index contributed by atoms with van der Waals surface area (Å²) in [5.41, 5.74) is 0.452. The first kappa shape index (κ1) is 47.2. The summed E-state index contributed by atoms with van der Waals surface area (Å²) in [5.74, 6) is 0. The topological polar surface area (TPSA) is 88.5 Å². The number of halogens is 3. The molecule has 3 aromatic carbocycles. The van der Waals surface area contributed by atoms with Crippen LogP contribution in [0.15, 0.2) is 102 Å². The Morgan fingerprint density at radius 3 is 1.40 bits per heavy atom. The van der Waals surface area contributed by atoms with Crippen LogP contribution in [-0.4, -0.2) is 49.6 Å². The molecule has 0 spiro atoms. The van der Waals surface area contributed by atoms with Gasteiger partial charge in [-0.3, -0.25) is 0 Å². The van der Waals surface area contributed by atoms with Crippen LogP contribution in [0, 0.1) is 0 Å². The van der Waals surface area contributed by atoms with Gasteiger partial charge in [0, 0.05) is 72.0 Å². The van der Waals surface area contributed by atoms with Crippen molar-refractivity contribution in [1.82, 2.24) is 0 Å². The molecular weight excluding hydrogens is 792 g/mol. The number of hydrogen-bond donors (Lipinski definition) is 1. The summed E-state index contributed by atoms with van der Waals surface area (Å²) < 4.78 is 48.2. The van der Waals surface area contributed by atoms with Crippen LogP contribution < -0.4 is 15.9 Å². The van der Waals surface area contributed by atoms with Crippen molar-refractivity contribution in [1.29, 1.82) is 0 Å². The minimum atomic E-state index is -2.40. The van der Waals surface area contributed by atoms with Crippen molar-refractivity contribution in [2.45, 2.75) is 109 Å². The molecule has 3 heterocycles. The SMILES string of the molecule is C.CC(C)(Cl)[C@@H]1CCC[P@]1(=O)c1ccccc1.CC(C)(O)[C@@H]1CCC[P@]1(=O)c1ccccc1.CC(C)=C1CCC[P@]1(=O)c1ccccc1.O=S(Cl)Cl. The summed E-state index contributed by atoms with van der Waals surface area (Å²) in [7, 11) is 0.459. The summed E-state index contributed by atoms with van der Waals surface area (Å²) in [6.45, 7) is 11.7. The van der Waals surface area contributed by atoms with Crippen molar-refractivity contribution in [2.24, 2.45) is 0 Å². The Morgan fingerprint density at radius 1 is 0.673 bits per heavy atom. The molecule has 0 unspecified atom stereocenters. The Hall–Kier alpha value is -0.930. The Kier molecular flexibility index (Phi) is 18.4. The first-order valence-corrected chi connectivity index (χ1v) is 26.5. The molecule has 0 amide bonds. The molecule has 1 N–H and O–H groups in total. The molecule has 0 aromatic heterocycles. The van der Waals surface area contributed by atoms with Crippen molar-refractivity contribution in [3.63, 3.8) is 0 Å². The van der Waals surface area contributed by atoms with E-state index in [9.17, 15) is 18.8 Å². The van der Waals surface area contributed by atoms with E-state index in [4.69, 9.17) is 15.8 Å². The number of benzene rings is 3. The fourth-order valence-electron chi connectivity index (χ4n) is 7.80. The van der Waals surface area contributed by atoms with Gasteiger partial charge in [-0.25, -0.2) is 4.21 Å². The van der Waals surface area contributed by atoms with E-state index < -0.39 is 36.3 Å². The zero-order chi connectivity index (χ0) is 38.1. The lowest BCUT2D eigenvalue weighted by molar-refractivity contribution is 0.0743. The van der Waals surface area contributed by atoms with Gasteiger partial charge in [0.25, 0.3) is 0 Å². The molecule has 3 aromatic rings. The van der Waals surface area contributed by atoms with Gasteiger partial charge in [-0.05, 0) is 85.4 Å². The van der Waals surface area contributed by atoms with Crippen LogP contribution >= 0.6 is 54.4 Å². The van der Waals surface area contributed by atoms with Crippen LogP contribution in [0.1, 0.15) is 87.5 Å². The molecule has 6 rings (SSSR count). The van der Waals surface area contributed by atoms with Gasteiger partial charge in [-0.1, -0.05) is 104 Å². The lowest BCUT2D eigenvalue weighted by Gasteiger charge is -2.31. The summed E-state index contributed by atoms with van der Waals surface area (Å²) in [6.07, 6.45) is 8.37. The average Bonchev–Trinajstić information content (AvgIpc) is 3.80. The Balaban J connectivity index is 0.000000254. The van der Waals surface area contributed by atoms with Crippen LogP contribution in [-0.2, 0) is 22.9 Å². The van der Waals surface area contributed by atoms with E-state index in [0.717, 1.165) is 72.9 Å². The van der Waals surface area contributed by atoms with Gasteiger partial charge in [0.2, 0.25) is 9.23 Å². The van der Waals surface area contributed by atoms with Crippen molar-refractivity contribution < 1.29 is 23.0 Å². The molecule has 3 fully saturated rings. The lowest BCUT2D eigenvalue weighted by Crippen LogP contribution is -2.36. The molecule has 0 bridgehead atoms. The fraction of sp³-hybridized carbons (Fsp3) is 0.500. The zero-order valence-corrected chi connectivity index (χ0v) is 36.4. The third kappa shape index (κ3) is 12.3. The van der Waals surface area contributed by atoms with Gasteiger partial charge >= 0.3 is 0 Å². The Bertz CT molecular complexity index is 1670. The van der Waals surface area contributed by atoms with Crippen molar-refractivity contribution >= 4 is 79.5 Å². The maximum atomic E-state index is 13.1. The average molecular weight is 850 g/mol. The molecule has 5 nitrogen and oxygen atoms in total. The van der Waals surface area contributed by atoms with Gasteiger partial charge < -0.3 is 18.8 Å². The lowest BCUT2D eigenvalue weighted by atomic mass is 10.0. The second kappa shape index (κ2) is 20.3. The molecule has 290 valence electrons. The van der Waals surface area contributed by atoms with Crippen molar-refractivity contribution in [3.05, 3.63) is 102 Å². The van der Waals surface area contributed by atoms with E-state index in [2.05, 4.69) is 35.2 Å². The minimum absolute atomic E-state index is 0. The summed E-state index contributed by atoms with van der Waals surface area (Å²) in [6, 6.07) is 29.5. The smallest absolute Gasteiger partial charge is 0.211 e. The predicted molar refractivity (Wildman–Crippen MR) is 232 cm³/mol. The molecule has 3 aliphatic heterocycles. The van der Waals surface area contributed by atoms with Crippen LogP contribution in [0.3, 0.4) is 0 Å². The van der Waals surface area contributed by atoms with Gasteiger partial charge in [-0.15, -0.1) is 11.6 Å². The minimum Gasteiger partial charge on any atom is -0.390 e. The second-order valence-corrected chi connectivity index (χ2v) is 27.6. The fourth-order valence-corrected chi connectivity index (χ4v) is 19.4. The summed E-state index contributed by atoms with van der Waals surface area (Å²) >= 11 is 6.40. The van der Waals surface area contributed by atoms with Gasteiger partial charge in [-0.2, -0.15) is 0 Å². The highest BCUT2D eigenvalue weighted by atomic mass is 36.0. The largest absolute Gasteiger partial charge is 0.390 e. The van der Waals surface area contributed by atoms with Crippen LogP contribution in [0.5, 0.6) is 0 Å². The summed E-state index contributed by atoms with van der Waals surface area (Å²) in [4.78, 5) is -0.373. The van der Waals surface area contributed by atoms with E-state index >= 15 is 0 Å². The number of allylic oxidation sites excluding steroid dienone is 2. The molecule has 3 saturated heterocycles. The normalized spacial score (nSPS) is 26.9. The number of hydrogen-bond acceptors (Lipinski definition) is 5. The second-order valence-electron chi connectivity index (χ2n) is 14.8. The molecular formula is C40H58Cl3O5P3S. The first-order valence-electron chi connectivity index (χ1n) is 17.5. The Labute approximate surface area is 330 Å². The molecule has 3 aliphatic rings. The van der Waals surface area contributed by atoms with Crippen LogP contribution in [0.2, 0.25) is 0 Å². The molecule has 52 heavy (non-hydrogen) atoms. The van der Waals surface area contributed by atoms with E-state index in [-0.39, 0.29) is 23.6 Å². The van der Waals surface area contributed by atoms with Crippen molar-refractivity contribution in [2.75, 3.05) is 18.5 Å². The number of rotatable bonds is 5. The highest BCUT2D eigenvalue weighted by molar-refractivity contribution is 8.26. The molecule has 12 heteroatoms. The van der Waals surface area contributed by atoms with Gasteiger partial charge in [0.15, 0.2) is 0 Å². The molecule has 0 radical (unpaired) electrons. The number of aliphatic hydroxyl groups is 1. The molecule has 0 saturated carbocycles. The van der Waals surface area contributed by atoms with Crippen LogP contribution in [0.4, 0.5) is 0 Å². The van der Waals surface area contributed by atoms with Crippen LogP contribution in [0.25, 0.3) is 0 Å². The first-order chi connectivity index (χ1) is 23.8. The van der Waals surface area contributed by atoms with E-state index in [1.165, 1.54) is 10.9 Å². The highest BCUT2D eigenvalue weighted by Crippen LogP contribution is 2.62. The Morgan fingerprint density at radius 2 is 1.04 bits per heavy atom. The standard InChI is InChI=1S/C13H18ClOP.C13H19O2P.C13H17OP.CH4.Cl2OS/c2*1-13(2,14)12-9-6-10-16(12,15)11-7-4-3-5-8-11;1-11(2)13-9-6-10-15(13,14)12-7-4-3-5-8-12;;1-4(2)3/h3-5,7-8,12H,6,9-10H2,1-2H3;3-5,7-8,12,14H,6,9-10H2,1-2H3;3-5,7-8H,6,9-10H2,1-2H3;1H4;/t2*12-,16-;15-;;/m000../s1. The zero-order valence-electron chi connectivity index (χ0n) is 30.6. The quantitative estimate of drug-likeness (QED) is 0.157. The van der Waals surface area contributed by atoms with E-state index in [1.54, 1.807) is 13.8 Å². The summed E-state index contributed by atoms with van der Waals surface area (Å²) in [5, 5.41) is 14.3. The molecule has 0 aliphatic carbocycles. The predicted octanol–water partition coefficient (Wildman–Crippen LogP) is 11.9. The van der Waals surface area contributed by atoms with Gasteiger partial charge in [0.1, 0.15) is 21.4 Å². The van der Waals surface area contributed by atoms with E-state index in [0.29, 0.717) is 0 Å². The molecule has 5 atom stereocenters. The van der Waals surface area contributed by atoms with Gasteiger partial charge in [0.05, 0.1) is 5.60 Å². The third-order valence-corrected chi connectivity index (χ3v) is 22.2.